The van der Waals surface area contributed by atoms with Crippen LogP contribution in [0.25, 0.3) is 0 Å². The highest BCUT2D eigenvalue weighted by atomic mass is 35.5. The van der Waals surface area contributed by atoms with E-state index in [0.29, 0.717) is 17.1 Å². The lowest BCUT2D eigenvalue weighted by Gasteiger charge is -2.23. The highest BCUT2D eigenvalue weighted by Crippen LogP contribution is 2.22. The molecule has 15 heavy (non-hydrogen) atoms. The molecule has 0 bridgehead atoms. The van der Waals surface area contributed by atoms with Gasteiger partial charge in [-0.15, -0.1) is 0 Å². The molecule has 0 saturated heterocycles. The van der Waals surface area contributed by atoms with Crippen molar-refractivity contribution in [3.63, 3.8) is 0 Å². The number of hydrogen-bond donors (Lipinski definition) is 1. The maximum absolute atomic E-state index is 10.9. The lowest BCUT2D eigenvalue weighted by molar-refractivity contribution is 0.112. The van der Waals surface area contributed by atoms with Gasteiger partial charge in [-0.3, -0.25) is 4.79 Å². The quantitative estimate of drug-likeness (QED) is 0.782. The normalized spacial score (nSPS) is 10.1. The van der Waals surface area contributed by atoms with E-state index in [0.717, 1.165) is 18.5 Å². The van der Waals surface area contributed by atoms with Crippen molar-refractivity contribution in [2.24, 2.45) is 0 Å². The van der Waals surface area contributed by atoms with E-state index in [9.17, 15) is 4.79 Å². The molecular weight excluding hydrogens is 214 g/mol. The van der Waals surface area contributed by atoms with E-state index in [4.69, 9.17) is 16.7 Å². The second-order valence-electron chi connectivity index (χ2n) is 3.12. The van der Waals surface area contributed by atoms with Gasteiger partial charge in [-0.25, -0.2) is 0 Å². The SMILES string of the molecule is CCN(CCO)c1ccc(Cl)cc1C=O. The minimum atomic E-state index is 0.0642. The number of halogens is 1. The average molecular weight is 228 g/mol. The van der Waals surface area contributed by atoms with Crippen molar-refractivity contribution in [2.75, 3.05) is 24.6 Å². The van der Waals surface area contributed by atoms with E-state index in [1.165, 1.54) is 0 Å². The summed E-state index contributed by atoms with van der Waals surface area (Å²) in [7, 11) is 0. The maximum atomic E-state index is 10.9. The van der Waals surface area contributed by atoms with E-state index in [-0.39, 0.29) is 6.61 Å². The van der Waals surface area contributed by atoms with Gasteiger partial charge in [0.2, 0.25) is 0 Å². The Balaban J connectivity index is 3.04. The zero-order chi connectivity index (χ0) is 11.3. The molecule has 3 nitrogen and oxygen atoms in total. The van der Waals surface area contributed by atoms with Crippen LogP contribution in [0, 0.1) is 0 Å². The summed E-state index contributed by atoms with van der Waals surface area (Å²) >= 11 is 5.79. The molecule has 0 saturated carbocycles. The van der Waals surface area contributed by atoms with Crippen LogP contribution in [-0.2, 0) is 0 Å². The van der Waals surface area contributed by atoms with Crippen LogP contribution in [0.4, 0.5) is 5.69 Å². The molecule has 0 aromatic heterocycles. The minimum Gasteiger partial charge on any atom is -0.395 e. The van der Waals surface area contributed by atoms with Crippen molar-refractivity contribution in [1.82, 2.24) is 0 Å². The zero-order valence-corrected chi connectivity index (χ0v) is 9.37. The Morgan fingerprint density at radius 2 is 2.27 bits per heavy atom. The molecule has 0 aliphatic heterocycles. The van der Waals surface area contributed by atoms with Gasteiger partial charge < -0.3 is 10.0 Å². The molecular formula is C11H14ClNO2. The first-order valence-corrected chi connectivity index (χ1v) is 5.21. The fourth-order valence-corrected chi connectivity index (χ4v) is 1.66. The summed E-state index contributed by atoms with van der Waals surface area (Å²) in [6.45, 7) is 3.29. The Bertz CT molecular complexity index is 341. The molecule has 0 spiro atoms. The monoisotopic (exact) mass is 227 g/mol. The van der Waals surface area contributed by atoms with Crippen LogP contribution in [0.1, 0.15) is 17.3 Å². The van der Waals surface area contributed by atoms with Gasteiger partial charge in [0.1, 0.15) is 0 Å². The van der Waals surface area contributed by atoms with E-state index in [2.05, 4.69) is 0 Å². The smallest absolute Gasteiger partial charge is 0.152 e. The first kappa shape index (κ1) is 12.0. The van der Waals surface area contributed by atoms with Crippen LogP contribution in [0.15, 0.2) is 18.2 Å². The first-order chi connectivity index (χ1) is 7.22. The van der Waals surface area contributed by atoms with Gasteiger partial charge in [0.15, 0.2) is 6.29 Å². The Morgan fingerprint density at radius 1 is 1.53 bits per heavy atom. The molecule has 0 aliphatic rings. The molecule has 82 valence electrons. The Kier molecular flexibility index (Phi) is 4.59. The summed E-state index contributed by atoms with van der Waals surface area (Å²) in [5.41, 5.74) is 1.36. The largest absolute Gasteiger partial charge is 0.395 e. The molecule has 0 atom stereocenters. The minimum absolute atomic E-state index is 0.0642. The van der Waals surface area contributed by atoms with Crippen LogP contribution in [-0.4, -0.2) is 31.1 Å². The van der Waals surface area contributed by atoms with Gasteiger partial charge in [-0.1, -0.05) is 11.6 Å². The number of rotatable bonds is 5. The van der Waals surface area contributed by atoms with Gasteiger partial charge in [0.25, 0.3) is 0 Å². The number of anilines is 1. The zero-order valence-electron chi connectivity index (χ0n) is 8.61. The second kappa shape index (κ2) is 5.73. The van der Waals surface area contributed by atoms with Gasteiger partial charge in [0, 0.05) is 29.4 Å². The molecule has 0 unspecified atom stereocenters. The van der Waals surface area contributed by atoms with Crippen molar-refractivity contribution in [2.45, 2.75) is 6.92 Å². The van der Waals surface area contributed by atoms with Gasteiger partial charge in [0.05, 0.1) is 6.61 Å². The molecule has 1 aromatic carbocycles. The summed E-state index contributed by atoms with van der Waals surface area (Å²) in [5.74, 6) is 0. The Labute approximate surface area is 94.3 Å². The fraction of sp³-hybridized carbons (Fsp3) is 0.364. The highest BCUT2D eigenvalue weighted by Gasteiger charge is 2.09. The van der Waals surface area contributed by atoms with Crippen LogP contribution >= 0.6 is 11.6 Å². The summed E-state index contributed by atoms with van der Waals surface area (Å²) in [6, 6.07) is 5.17. The number of aliphatic hydroxyl groups excluding tert-OH is 1. The van der Waals surface area contributed by atoms with Gasteiger partial charge >= 0.3 is 0 Å². The third-order valence-electron chi connectivity index (χ3n) is 2.21. The number of aliphatic hydroxyl groups is 1. The van der Waals surface area contributed by atoms with Crippen LogP contribution in [0.5, 0.6) is 0 Å². The standard InChI is InChI=1S/C11H14ClNO2/c1-2-13(5-6-14)11-4-3-10(12)7-9(11)8-15/h3-4,7-8,14H,2,5-6H2,1H3. The summed E-state index contributed by atoms with van der Waals surface area (Å²) in [6.07, 6.45) is 0.779. The highest BCUT2D eigenvalue weighted by molar-refractivity contribution is 6.31. The average Bonchev–Trinajstić information content (AvgIpc) is 2.26. The number of carbonyl (C=O) groups excluding carboxylic acids is 1. The topological polar surface area (TPSA) is 40.5 Å². The molecule has 1 rings (SSSR count). The first-order valence-electron chi connectivity index (χ1n) is 4.83. The molecule has 0 fully saturated rings. The summed E-state index contributed by atoms with van der Waals surface area (Å²) in [4.78, 5) is 12.8. The second-order valence-corrected chi connectivity index (χ2v) is 3.56. The third-order valence-corrected chi connectivity index (χ3v) is 2.44. The Hall–Kier alpha value is -1.06. The van der Waals surface area contributed by atoms with E-state index >= 15 is 0 Å². The molecule has 0 aliphatic carbocycles. The van der Waals surface area contributed by atoms with Crippen LogP contribution < -0.4 is 4.90 Å². The summed E-state index contributed by atoms with van der Waals surface area (Å²) < 4.78 is 0. The van der Waals surface area contributed by atoms with Gasteiger partial charge in [-0.2, -0.15) is 0 Å². The van der Waals surface area contributed by atoms with Crippen LogP contribution in [0.2, 0.25) is 5.02 Å². The predicted octanol–water partition coefficient (Wildman–Crippen LogP) is 1.97. The number of carbonyl (C=O) groups is 1. The summed E-state index contributed by atoms with van der Waals surface area (Å²) in [5, 5.41) is 9.43. The van der Waals surface area contributed by atoms with Gasteiger partial charge in [-0.05, 0) is 25.1 Å². The van der Waals surface area contributed by atoms with Crippen molar-refractivity contribution in [1.29, 1.82) is 0 Å². The van der Waals surface area contributed by atoms with Crippen LogP contribution in [0.3, 0.4) is 0 Å². The van der Waals surface area contributed by atoms with E-state index in [1.54, 1.807) is 18.2 Å². The molecule has 1 N–H and O–H groups in total. The number of hydrogen-bond acceptors (Lipinski definition) is 3. The maximum Gasteiger partial charge on any atom is 0.152 e. The van der Waals surface area contributed by atoms with Crippen molar-refractivity contribution in [3.8, 4) is 0 Å². The van der Waals surface area contributed by atoms with Crippen molar-refractivity contribution >= 4 is 23.6 Å². The third kappa shape index (κ3) is 2.94. The predicted molar refractivity (Wildman–Crippen MR) is 61.8 cm³/mol. The lowest BCUT2D eigenvalue weighted by Crippen LogP contribution is -2.27. The molecule has 4 heteroatoms. The molecule has 0 heterocycles. The van der Waals surface area contributed by atoms with E-state index < -0.39 is 0 Å². The van der Waals surface area contributed by atoms with E-state index in [1.807, 2.05) is 11.8 Å². The number of benzene rings is 1. The molecule has 1 aromatic rings. The van der Waals surface area contributed by atoms with Crippen molar-refractivity contribution in [3.05, 3.63) is 28.8 Å². The van der Waals surface area contributed by atoms with Crippen molar-refractivity contribution < 1.29 is 9.90 Å². The number of likely N-dealkylation sites (N-methyl/N-ethyl adjacent to an activating group) is 1. The molecule has 0 amide bonds. The number of nitrogens with zero attached hydrogens (tertiary/aromatic N) is 1. The lowest BCUT2D eigenvalue weighted by atomic mass is 10.1. The number of aldehydes is 1. The fourth-order valence-electron chi connectivity index (χ4n) is 1.48. The molecule has 0 radical (unpaired) electrons. The Morgan fingerprint density at radius 3 is 2.80 bits per heavy atom.